The molecule has 1 N–H and O–H groups in total. The minimum absolute atomic E-state index is 0.0450. The Kier molecular flexibility index (Phi) is 6.55. The largest absolute Gasteiger partial charge is 0.215 e. The van der Waals surface area contributed by atoms with Crippen LogP contribution in [0, 0.1) is 0 Å². The molecule has 0 aliphatic heterocycles. The van der Waals surface area contributed by atoms with Crippen LogP contribution >= 0.6 is 11.6 Å². The van der Waals surface area contributed by atoms with Gasteiger partial charge in [-0.1, -0.05) is 36.8 Å². The van der Waals surface area contributed by atoms with E-state index < -0.39 is 10.0 Å². The summed E-state index contributed by atoms with van der Waals surface area (Å²) in [6.07, 6.45) is 2.72. The molecular formula is C12H18ClNO2S. The number of nitrogens with one attached hydrogen (secondary N) is 1. The maximum Gasteiger partial charge on any atom is 0.215 e. The zero-order valence-corrected chi connectivity index (χ0v) is 11.3. The summed E-state index contributed by atoms with van der Waals surface area (Å²) in [6.45, 7) is 0.492. The molecule has 0 atom stereocenters. The smallest absolute Gasteiger partial charge is 0.215 e. The summed E-state index contributed by atoms with van der Waals surface area (Å²) >= 11 is 5.54. The highest BCUT2D eigenvalue weighted by atomic mass is 35.5. The summed E-state index contributed by atoms with van der Waals surface area (Å²) in [5, 5.41) is 0. The summed E-state index contributed by atoms with van der Waals surface area (Å²) in [5.74, 6) is 0.681. The SMILES string of the molecule is O=S(=O)(Cc1ccccc1)NCCCCCCl. The fourth-order valence-corrected chi connectivity index (χ4v) is 2.85. The van der Waals surface area contributed by atoms with Crippen molar-refractivity contribution in [1.29, 1.82) is 0 Å². The molecule has 0 saturated heterocycles. The van der Waals surface area contributed by atoms with Gasteiger partial charge in [0.2, 0.25) is 10.0 Å². The molecule has 0 saturated carbocycles. The number of hydrogen-bond donors (Lipinski definition) is 1. The first kappa shape index (κ1) is 14.5. The van der Waals surface area contributed by atoms with Crippen molar-refractivity contribution in [3.8, 4) is 0 Å². The molecule has 5 heteroatoms. The van der Waals surface area contributed by atoms with Gasteiger partial charge >= 0.3 is 0 Å². The number of sulfonamides is 1. The lowest BCUT2D eigenvalue weighted by molar-refractivity contribution is 0.575. The van der Waals surface area contributed by atoms with Crippen LogP contribution in [0.15, 0.2) is 30.3 Å². The Morgan fingerprint density at radius 1 is 1.06 bits per heavy atom. The monoisotopic (exact) mass is 275 g/mol. The van der Waals surface area contributed by atoms with Gasteiger partial charge in [-0.15, -0.1) is 11.6 Å². The number of alkyl halides is 1. The third-order valence-electron chi connectivity index (χ3n) is 2.33. The molecule has 0 spiro atoms. The highest BCUT2D eigenvalue weighted by Gasteiger charge is 2.09. The minimum atomic E-state index is -3.20. The molecule has 0 amide bonds. The summed E-state index contributed by atoms with van der Waals surface area (Å²) in [7, 11) is -3.20. The first-order valence-electron chi connectivity index (χ1n) is 5.71. The highest BCUT2D eigenvalue weighted by molar-refractivity contribution is 7.88. The van der Waals surface area contributed by atoms with Gasteiger partial charge in [0.25, 0.3) is 0 Å². The average molecular weight is 276 g/mol. The molecule has 3 nitrogen and oxygen atoms in total. The first-order valence-corrected chi connectivity index (χ1v) is 7.90. The van der Waals surface area contributed by atoms with Crippen LogP contribution in [-0.2, 0) is 15.8 Å². The normalized spacial score (nSPS) is 11.6. The zero-order valence-electron chi connectivity index (χ0n) is 9.73. The minimum Gasteiger partial charge on any atom is -0.215 e. The van der Waals surface area contributed by atoms with Gasteiger partial charge in [-0.3, -0.25) is 0 Å². The molecule has 0 aromatic heterocycles. The summed E-state index contributed by atoms with van der Waals surface area (Å²) in [5.41, 5.74) is 0.806. The maximum atomic E-state index is 11.7. The molecule has 1 rings (SSSR count). The summed E-state index contributed by atoms with van der Waals surface area (Å²) < 4.78 is 26.0. The lowest BCUT2D eigenvalue weighted by Gasteiger charge is -2.06. The van der Waals surface area contributed by atoms with Crippen LogP contribution in [0.4, 0.5) is 0 Å². The average Bonchev–Trinajstić information content (AvgIpc) is 2.29. The van der Waals surface area contributed by atoms with Crippen LogP contribution in [0.3, 0.4) is 0 Å². The molecular weight excluding hydrogens is 258 g/mol. The van der Waals surface area contributed by atoms with Crippen LogP contribution in [-0.4, -0.2) is 20.8 Å². The quantitative estimate of drug-likeness (QED) is 0.585. The Labute approximate surface area is 108 Å². The van der Waals surface area contributed by atoms with E-state index in [0.717, 1.165) is 24.8 Å². The van der Waals surface area contributed by atoms with Gasteiger partial charge in [-0.2, -0.15) is 0 Å². The van der Waals surface area contributed by atoms with Gasteiger partial charge in [0.05, 0.1) is 5.75 Å². The van der Waals surface area contributed by atoms with Crippen molar-refractivity contribution >= 4 is 21.6 Å². The third kappa shape index (κ3) is 6.66. The van der Waals surface area contributed by atoms with Crippen molar-refractivity contribution in [2.24, 2.45) is 0 Å². The van der Waals surface area contributed by atoms with Crippen molar-refractivity contribution in [2.45, 2.75) is 25.0 Å². The van der Waals surface area contributed by atoms with Crippen molar-refractivity contribution in [1.82, 2.24) is 4.72 Å². The van der Waals surface area contributed by atoms with Gasteiger partial charge in [0.1, 0.15) is 0 Å². The Morgan fingerprint density at radius 2 is 1.76 bits per heavy atom. The molecule has 17 heavy (non-hydrogen) atoms. The van der Waals surface area contributed by atoms with Crippen LogP contribution in [0.1, 0.15) is 24.8 Å². The number of benzene rings is 1. The van der Waals surface area contributed by atoms with Gasteiger partial charge in [0.15, 0.2) is 0 Å². The fourth-order valence-electron chi connectivity index (χ4n) is 1.47. The Morgan fingerprint density at radius 3 is 2.41 bits per heavy atom. The Hall–Kier alpha value is -0.580. The lowest BCUT2D eigenvalue weighted by atomic mass is 10.2. The molecule has 0 bridgehead atoms. The van der Waals surface area contributed by atoms with Crippen molar-refractivity contribution < 1.29 is 8.42 Å². The second-order valence-electron chi connectivity index (χ2n) is 3.89. The van der Waals surface area contributed by atoms with E-state index in [2.05, 4.69) is 4.72 Å². The number of unbranched alkanes of at least 4 members (excludes halogenated alkanes) is 2. The zero-order chi connectivity index (χ0) is 12.6. The second kappa shape index (κ2) is 7.69. The van der Waals surface area contributed by atoms with E-state index in [9.17, 15) is 8.42 Å². The van der Waals surface area contributed by atoms with E-state index >= 15 is 0 Å². The van der Waals surface area contributed by atoms with E-state index in [1.807, 2.05) is 30.3 Å². The second-order valence-corrected chi connectivity index (χ2v) is 6.07. The van der Waals surface area contributed by atoms with Crippen LogP contribution in [0.2, 0.25) is 0 Å². The lowest BCUT2D eigenvalue weighted by Crippen LogP contribution is -2.26. The van der Waals surface area contributed by atoms with Gasteiger partial charge in [-0.05, 0) is 18.4 Å². The van der Waals surface area contributed by atoms with E-state index in [-0.39, 0.29) is 5.75 Å². The van der Waals surface area contributed by atoms with E-state index in [4.69, 9.17) is 11.6 Å². The predicted octanol–water partition coefficient (Wildman–Crippen LogP) is 2.52. The van der Waals surface area contributed by atoms with Crippen LogP contribution in [0.25, 0.3) is 0 Å². The molecule has 96 valence electrons. The van der Waals surface area contributed by atoms with Gasteiger partial charge in [0, 0.05) is 12.4 Å². The maximum absolute atomic E-state index is 11.7. The number of rotatable bonds is 8. The summed E-state index contributed by atoms with van der Waals surface area (Å²) in [6, 6.07) is 9.17. The summed E-state index contributed by atoms with van der Waals surface area (Å²) in [4.78, 5) is 0. The predicted molar refractivity (Wildman–Crippen MR) is 71.6 cm³/mol. The fraction of sp³-hybridized carbons (Fsp3) is 0.500. The standard InChI is InChI=1S/C12H18ClNO2S/c13-9-5-2-6-10-14-17(15,16)11-12-7-3-1-4-8-12/h1,3-4,7-8,14H,2,5-6,9-11H2. The van der Waals surface area contributed by atoms with Crippen LogP contribution < -0.4 is 4.72 Å². The molecule has 0 unspecified atom stereocenters. The molecule has 0 fully saturated rings. The number of halogens is 1. The third-order valence-corrected chi connectivity index (χ3v) is 3.96. The topological polar surface area (TPSA) is 46.2 Å². The van der Waals surface area contributed by atoms with E-state index in [0.29, 0.717) is 12.4 Å². The molecule has 0 aliphatic rings. The number of hydrogen-bond acceptors (Lipinski definition) is 2. The first-order chi connectivity index (χ1) is 8.14. The molecule has 0 heterocycles. The van der Waals surface area contributed by atoms with Gasteiger partial charge < -0.3 is 0 Å². The Balaban J connectivity index is 2.32. The molecule has 0 aliphatic carbocycles. The van der Waals surface area contributed by atoms with Crippen molar-refractivity contribution in [3.05, 3.63) is 35.9 Å². The van der Waals surface area contributed by atoms with Gasteiger partial charge in [-0.25, -0.2) is 13.1 Å². The molecule has 1 aromatic rings. The van der Waals surface area contributed by atoms with Crippen molar-refractivity contribution in [2.75, 3.05) is 12.4 Å². The molecule has 1 aromatic carbocycles. The van der Waals surface area contributed by atoms with E-state index in [1.54, 1.807) is 0 Å². The van der Waals surface area contributed by atoms with Crippen LogP contribution in [0.5, 0.6) is 0 Å². The Bertz CT molecular complexity index is 406. The molecule has 0 radical (unpaired) electrons. The van der Waals surface area contributed by atoms with Crippen molar-refractivity contribution in [3.63, 3.8) is 0 Å². The van der Waals surface area contributed by atoms with E-state index in [1.165, 1.54) is 0 Å². The highest BCUT2D eigenvalue weighted by Crippen LogP contribution is 2.04.